The smallest absolute Gasteiger partial charge is 0.416 e. The van der Waals surface area contributed by atoms with Crippen molar-refractivity contribution in [2.45, 2.75) is 51.0 Å². The molecule has 12 heteroatoms. The summed E-state index contributed by atoms with van der Waals surface area (Å²) >= 11 is 0. The molecular weight excluding hydrogens is 506 g/mol. The van der Waals surface area contributed by atoms with Crippen LogP contribution < -0.4 is 10.6 Å². The lowest BCUT2D eigenvalue weighted by Gasteiger charge is -2.36. The quantitative estimate of drug-likeness (QED) is 0.179. The van der Waals surface area contributed by atoms with Gasteiger partial charge < -0.3 is 20.5 Å². The van der Waals surface area contributed by atoms with Crippen LogP contribution in [-0.4, -0.2) is 29.7 Å². The number of benzene rings is 2. The van der Waals surface area contributed by atoms with Crippen molar-refractivity contribution in [1.82, 2.24) is 0 Å². The van der Waals surface area contributed by atoms with E-state index < -0.39 is 47.4 Å². The van der Waals surface area contributed by atoms with Gasteiger partial charge in [-0.3, -0.25) is 4.79 Å². The minimum absolute atomic E-state index is 0.0110. The number of hydrogen-bond acceptors (Lipinski definition) is 5. The van der Waals surface area contributed by atoms with E-state index in [-0.39, 0.29) is 35.5 Å². The SMILES string of the molecule is CCC(Nc1ccc(C(F)(F)F)cc1)=C(C(=O)OC)[C@@](CC)(CC(=O)O)Nc1ccc(C(F)(F)F)cc1. The zero-order valence-electron chi connectivity index (χ0n) is 20.2. The third-order valence-corrected chi connectivity index (χ3v) is 5.68. The molecule has 0 bridgehead atoms. The van der Waals surface area contributed by atoms with Crippen LogP contribution in [0.5, 0.6) is 0 Å². The summed E-state index contributed by atoms with van der Waals surface area (Å²) in [5.41, 5.74) is -3.13. The zero-order valence-corrected chi connectivity index (χ0v) is 20.2. The lowest BCUT2D eigenvalue weighted by molar-refractivity contribution is -0.140. The zero-order chi connectivity index (χ0) is 28.0. The van der Waals surface area contributed by atoms with Crippen molar-refractivity contribution in [2.24, 2.45) is 0 Å². The van der Waals surface area contributed by atoms with Crippen LogP contribution in [0.4, 0.5) is 37.7 Å². The molecule has 0 spiro atoms. The molecule has 2 aromatic carbocycles. The van der Waals surface area contributed by atoms with Gasteiger partial charge in [-0.05, 0) is 61.4 Å². The molecule has 0 aromatic heterocycles. The molecule has 0 radical (unpaired) electrons. The number of carboxylic acid groups (broad SMARTS) is 1. The molecule has 6 nitrogen and oxygen atoms in total. The average molecular weight is 532 g/mol. The fourth-order valence-electron chi connectivity index (χ4n) is 3.82. The number of alkyl halides is 6. The largest absolute Gasteiger partial charge is 0.481 e. The number of esters is 1. The molecule has 0 fully saturated rings. The number of nitrogens with one attached hydrogen (secondary N) is 2. The van der Waals surface area contributed by atoms with Crippen LogP contribution in [-0.2, 0) is 26.7 Å². The first kappa shape index (κ1) is 29.5. The number of carboxylic acids is 1. The number of halogens is 6. The minimum atomic E-state index is -4.58. The van der Waals surface area contributed by atoms with Gasteiger partial charge in [0.25, 0.3) is 0 Å². The number of carbonyl (C=O) groups is 2. The molecule has 0 unspecified atom stereocenters. The van der Waals surface area contributed by atoms with Gasteiger partial charge in [0.2, 0.25) is 0 Å². The molecule has 0 aliphatic heterocycles. The molecule has 0 amide bonds. The van der Waals surface area contributed by atoms with Gasteiger partial charge in [0.15, 0.2) is 0 Å². The number of carbonyl (C=O) groups excluding carboxylic acids is 1. The molecule has 3 N–H and O–H groups in total. The molecule has 0 aliphatic carbocycles. The van der Waals surface area contributed by atoms with E-state index in [2.05, 4.69) is 10.6 Å². The number of allylic oxidation sites excluding steroid dienone is 1. The Kier molecular flexibility index (Phi) is 9.23. The summed E-state index contributed by atoms with van der Waals surface area (Å²) in [6.45, 7) is 3.21. The molecule has 202 valence electrons. The summed E-state index contributed by atoms with van der Waals surface area (Å²) in [5.74, 6) is -2.23. The maximum atomic E-state index is 13.0. The second-order valence-corrected chi connectivity index (χ2v) is 8.11. The van der Waals surface area contributed by atoms with Crippen molar-refractivity contribution in [2.75, 3.05) is 17.7 Å². The number of anilines is 2. The molecule has 2 rings (SSSR count). The average Bonchev–Trinajstić information content (AvgIpc) is 2.82. The Morgan fingerprint density at radius 1 is 0.838 bits per heavy atom. The second-order valence-electron chi connectivity index (χ2n) is 8.11. The van der Waals surface area contributed by atoms with Gasteiger partial charge in [0.05, 0.1) is 35.8 Å². The highest BCUT2D eigenvalue weighted by Crippen LogP contribution is 2.36. The molecule has 0 heterocycles. The van der Waals surface area contributed by atoms with Crippen molar-refractivity contribution >= 4 is 23.3 Å². The number of ether oxygens (including phenoxy) is 1. The van der Waals surface area contributed by atoms with Gasteiger partial charge in [0.1, 0.15) is 0 Å². The first-order valence-electron chi connectivity index (χ1n) is 11.1. The van der Waals surface area contributed by atoms with Gasteiger partial charge in [0, 0.05) is 17.1 Å². The first-order chi connectivity index (χ1) is 17.2. The highest BCUT2D eigenvalue weighted by Gasteiger charge is 2.42. The van der Waals surface area contributed by atoms with E-state index >= 15 is 0 Å². The van der Waals surface area contributed by atoms with Gasteiger partial charge >= 0.3 is 24.3 Å². The van der Waals surface area contributed by atoms with Crippen molar-refractivity contribution in [3.63, 3.8) is 0 Å². The lowest BCUT2D eigenvalue weighted by atomic mass is 9.81. The molecule has 0 saturated heterocycles. The fraction of sp³-hybridized carbons (Fsp3) is 0.360. The standard InChI is InChI=1S/C25H26F6N2O4/c1-4-19(32-17-10-6-15(7-11-17)24(26,27)28)21(22(36)37-3)23(5-2,14-20(34)35)33-18-12-8-16(9-13-18)25(29,30)31/h6-13,32-33H,4-5,14H2,1-3H3,(H,34,35)/t23-/m1/s1. The van der Waals surface area contributed by atoms with E-state index in [9.17, 15) is 41.0 Å². The van der Waals surface area contributed by atoms with Crippen LogP contribution >= 0.6 is 0 Å². The van der Waals surface area contributed by atoms with Crippen LogP contribution in [0.3, 0.4) is 0 Å². The highest BCUT2D eigenvalue weighted by atomic mass is 19.4. The summed E-state index contributed by atoms with van der Waals surface area (Å²) in [7, 11) is 1.08. The summed E-state index contributed by atoms with van der Waals surface area (Å²) in [6, 6.07) is 7.84. The molecule has 37 heavy (non-hydrogen) atoms. The Morgan fingerprint density at radius 2 is 1.30 bits per heavy atom. The van der Waals surface area contributed by atoms with Gasteiger partial charge in [-0.15, -0.1) is 0 Å². The van der Waals surface area contributed by atoms with Crippen molar-refractivity contribution in [3.05, 3.63) is 70.9 Å². The van der Waals surface area contributed by atoms with E-state index in [1.807, 2.05) is 0 Å². The number of rotatable bonds is 10. The van der Waals surface area contributed by atoms with Gasteiger partial charge in [-0.2, -0.15) is 26.3 Å². The summed E-state index contributed by atoms with van der Waals surface area (Å²) in [5, 5.41) is 15.5. The molecule has 1 atom stereocenters. The summed E-state index contributed by atoms with van der Waals surface area (Å²) in [6.07, 6.45) is -9.69. The van der Waals surface area contributed by atoms with Gasteiger partial charge in [-0.1, -0.05) is 13.8 Å². The number of hydrogen-bond donors (Lipinski definition) is 3. The molecule has 2 aromatic rings. The number of aliphatic carboxylic acids is 1. The van der Waals surface area contributed by atoms with Crippen LogP contribution in [0.1, 0.15) is 44.2 Å². The van der Waals surface area contributed by atoms with Crippen LogP contribution in [0, 0.1) is 0 Å². The van der Waals surface area contributed by atoms with E-state index in [1.54, 1.807) is 13.8 Å². The Bertz CT molecular complexity index is 1130. The van der Waals surface area contributed by atoms with E-state index in [1.165, 1.54) is 0 Å². The Morgan fingerprint density at radius 3 is 1.65 bits per heavy atom. The minimum Gasteiger partial charge on any atom is -0.481 e. The third kappa shape index (κ3) is 7.40. The van der Waals surface area contributed by atoms with E-state index in [4.69, 9.17) is 4.74 Å². The maximum absolute atomic E-state index is 13.0. The first-order valence-corrected chi connectivity index (χ1v) is 11.1. The van der Waals surface area contributed by atoms with Crippen LogP contribution in [0.2, 0.25) is 0 Å². The highest BCUT2D eigenvalue weighted by molar-refractivity contribution is 5.95. The number of methoxy groups -OCH3 is 1. The Hall–Kier alpha value is -3.70. The summed E-state index contributed by atoms with van der Waals surface area (Å²) in [4.78, 5) is 24.9. The van der Waals surface area contributed by atoms with Crippen LogP contribution in [0.25, 0.3) is 0 Å². The second kappa shape index (κ2) is 11.6. The lowest BCUT2D eigenvalue weighted by Crippen LogP contribution is -2.46. The predicted octanol–water partition coefficient (Wildman–Crippen LogP) is 6.71. The molecular formula is C25H26F6N2O4. The topological polar surface area (TPSA) is 87.7 Å². The fourth-order valence-corrected chi connectivity index (χ4v) is 3.82. The Balaban J connectivity index is 2.63. The monoisotopic (exact) mass is 532 g/mol. The molecule has 0 saturated carbocycles. The van der Waals surface area contributed by atoms with Crippen molar-refractivity contribution < 1.29 is 45.8 Å². The van der Waals surface area contributed by atoms with Crippen molar-refractivity contribution in [1.29, 1.82) is 0 Å². The predicted molar refractivity (Wildman–Crippen MR) is 125 cm³/mol. The van der Waals surface area contributed by atoms with E-state index in [0.29, 0.717) is 0 Å². The van der Waals surface area contributed by atoms with Gasteiger partial charge in [-0.25, -0.2) is 4.79 Å². The molecule has 0 aliphatic rings. The van der Waals surface area contributed by atoms with Crippen LogP contribution in [0.15, 0.2) is 59.8 Å². The maximum Gasteiger partial charge on any atom is 0.416 e. The normalized spacial score (nSPS) is 14.3. The van der Waals surface area contributed by atoms with E-state index in [0.717, 1.165) is 55.6 Å². The third-order valence-electron chi connectivity index (χ3n) is 5.68. The van der Waals surface area contributed by atoms with Crippen molar-refractivity contribution in [3.8, 4) is 0 Å². The Labute approximate surface area is 209 Å². The summed E-state index contributed by atoms with van der Waals surface area (Å²) < 4.78 is 82.7.